The molecule has 2 N–H and O–H groups in total. The molecule has 0 unspecified atom stereocenters. The molecule has 6 heteroatoms. The zero-order valence-corrected chi connectivity index (χ0v) is 11.4. The molecule has 1 saturated heterocycles. The number of hydrogen-bond acceptors (Lipinski definition) is 5. The Hall–Kier alpha value is -1.40. The van der Waals surface area contributed by atoms with E-state index in [9.17, 15) is 9.90 Å². The minimum Gasteiger partial charge on any atom is -0.493 e. The van der Waals surface area contributed by atoms with Crippen LogP contribution in [0.4, 0.5) is 0 Å². The molecule has 106 valence electrons. The van der Waals surface area contributed by atoms with Crippen molar-refractivity contribution in [1.82, 2.24) is 9.97 Å². The van der Waals surface area contributed by atoms with E-state index in [-0.39, 0.29) is 11.4 Å². The Morgan fingerprint density at radius 2 is 2.16 bits per heavy atom. The summed E-state index contributed by atoms with van der Waals surface area (Å²) in [6.45, 7) is 3.05. The maximum absolute atomic E-state index is 12.0. The lowest BCUT2D eigenvalue weighted by Gasteiger charge is -2.34. The summed E-state index contributed by atoms with van der Waals surface area (Å²) in [5, 5.41) is 9.93. The number of aromatic nitrogens is 2. The molecule has 0 atom stereocenters. The molecule has 0 aliphatic carbocycles. The van der Waals surface area contributed by atoms with E-state index in [1.165, 1.54) is 0 Å². The molecule has 2 rings (SSSR count). The lowest BCUT2D eigenvalue weighted by molar-refractivity contribution is -0.100. The third-order valence-corrected chi connectivity index (χ3v) is 3.62. The lowest BCUT2D eigenvalue weighted by atomic mass is 9.93. The summed E-state index contributed by atoms with van der Waals surface area (Å²) in [4.78, 5) is 18.9. The van der Waals surface area contributed by atoms with Gasteiger partial charge in [0.2, 0.25) is 5.88 Å². The second-order valence-electron chi connectivity index (χ2n) is 4.78. The van der Waals surface area contributed by atoms with Crippen molar-refractivity contribution in [3.8, 4) is 5.88 Å². The van der Waals surface area contributed by atoms with Crippen LogP contribution in [-0.2, 0) is 21.5 Å². The predicted molar refractivity (Wildman–Crippen MR) is 69.3 cm³/mol. The van der Waals surface area contributed by atoms with Gasteiger partial charge in [0.15, 0.2) is 0 Å². The molecule has 1 aromatic heterocycles. The molecule has 0 aromatic carbocycles. The summed E-state index contributed by atoms with van der Waals surface area (Å²) in [6.07, 6.45) is 2.51. The van der Waals surface area contributed by atoms with Crippen molar-refractivity contribution < 1.29 is 14.6 Å². The number of aromatic hydroxyl groups is 1. The Labute approximate surface area is 111 Å². The number of nitrogens with zero attached hydrogens (tertiary/aromatic N) is 1. The van der Waals surface area contributed by atoms with E-state index in [0.29, 0.717) is 43.9 Å². The van der Waals surface area contributed by atoms with Crippen LogP contribution in [0.5, 0.6) is 5.88 Å². The highest BCUT2D eigenvalue weighted by Gasteiger charge is 2.37. The fourth-order valence-corrected chi connectivity index (χ4v) is 2.42. The average Bonchev–Trinajstić information content (AvgIpc) is 2.43. The summed E-state index contributed by atoms with van der Waals surface area (Å²) in [5.74, 6) is 0.198. The second kappa shape index (κ2) is 5.71. The average molecular weight is 268 g/mol. The monoisotopic (exact) mass is 268 g/mol. The highest BCUT2D eigenvalue weighted by molar-refractivity contribution is 5.24. The van der Waals surface area contributed by atoms with Gasteiger partial charge in [0.1, 0.15) is 11.4 Å². The molecule has 0 spiro atoms. The number of hydrogen-bond donors (Lipinski definition) is 2. The molecule has 19 heavy (non-hydrogen) atoms. The maximum atomic E-state index is 12.0. The van der Waals surface area contributed by atoms with Gasteiger partial charge in [-0.15, -0.1) is 0 Å². The van der Waals surface area contributed by atoms with E-state index in [1.807, 2.05) is 6.92 Å². The highest BCUT2D eigenvalue weighted by atomic mass is 16.5. The Balaban J connectivity index is 2.42. The van der Waals surface area contributed by atoms with Crippen molar-refractivity contribution >= 4 is 0 Å². The minimum absolute atomic E-state index is 0.191. The van der Waals surface area contributed by atoms with Crippen molar-refractivity contribution in [1.29, 1.82) is 0 Å². The molecule has 0 amide bonds. The van der Waals surface area contributed by atoms with Crippen LogP contribution >= 0.6 is 0 Å². The van der Waals surface area contributed by atoms with Crippen LogP contribution in [-0.4, -0.2) is 35.4 Å². The molecule has 2 heterocycles. The van der Waals surface area contributed by atoms with E-state index in [2.05, 4.69) is 9.97 Å². The molecule has 1 aromatic rings. The van der Waals surface area contributed by atoms with Crippen LogP contribution in [0.3, 0.4) is 0 Å². The van der Waals surface area contributed by atoms with Gasteiger partial charge in [-0.3, -0.25) is 4.79 Å². The SMILES string of the molecule is CCCc1c(O)nc(C2(OC)CCOCC2)[nH]c1=O. The van der Waals surface area contributed by atoms with Gasteiger partial charge in [0.05, 0.1) is 5.56 Å². The Kier molecular flexibility index (Phi) is 4.21. The van der Waals surface area contributed by atoms with Gasteiger partial charge in [-0.25, -0.2) is 0 Å². The second-order valence-corrected chi connectivity index (χ2v) is 4.78. The smallest absolute Gasteiger partial charge is 0.258 e. The van der Waals surface area contributed by atoms with E-state index >= 15 is 0 Å². The first kappa shape index (κ1) is 14.0. The normalized spacial score (nSPS) is 18.4. The zero-order chi connectivity index (χ0) is 13.9. The van der Waals surface area contributed by atoms with Gasteiger partial charge in [0, 0.05) is 33.2 Å². The molecule has 1 fully saturated rings. The first-order valence-electron chi connectivity index (χ1n) is 6.58. The van der Waals surface area contributed by atoms with Crippen LogP contribution in [0.1, 0.15) is 37.6 Å². The standard InChI is InChI=1S/C13H20N2O4/c1-3-4-9-10(16)14-12(15-11(9)17)13(18-2)5-7-19-8-6-13/h3-8H2,1-2H3,(H2,14,15,16,17). The number of aromatic amines is 1. The number of rotatable bonds is 4. The quantitative estimate of drug-likeness (QED) is 0.853. The third-order valence-electron chi connectivity index (χ3n) is 3.62. The summed E-state index contributed by atoms with van der Waals surface area (Å²) < 4.78 is 10.9. The minimum atomic E-state index is -0.667. The van der Waals surface area contributed by atoms with Gasteiger partial charge in [0.25, 0.3) is 5.56 Å². The van der Waals surface area contributed by atoms with Gasteiger partial charge in [-0.1, -0.05) is 13.3 Å². The first-order chi connectivity index (χ1) is 9.13. The Morgan fingerprint density at radius 1 is 1.47 bits per heavy atom. The molecular formula is C13H20N2O4. The van der Waals surface area contributed by atoms with E-state index < -0.39 is 5.60 Å². The van der Waals surface area contributed by atoms with Crippen LogP contribution in [0.25, 0.3) is 0 Å². The topological polar surface area (TPSA) is 84.4 Å². The van der Waals surface area contributed by atoms with Crippen molar-refractivity contribution in [3.05, 3.63) is 21.7 Å². The summed E-state index contributed by atoms with van der Waals surface area (Å²) in [5.41, 5.74) is -0.614. The van der Waals surface area contributed by atoms with Crippen molar-refractivity contribution in [3.63, 3.8) is 0 Å². The van der Waals surface area contributed by atoms with Gasteiger partial charge in [-0.2, -0.15) is 4.98 Å². The van der Waals surface area contributed by atoms with Crippen LogP contribution < -0.4 is 5.56 Å². The van der Waals surface area contributed by atoms with Gasteiger partial charge >= 0.3 is 0 Å². The first-order valence-corrected chi connectivity index (χ1v) is 6.58. The van der Waals surface area contributed by atoms with Crippen molar-refractivity contribution in [2.75, 3.05) is 20.3 Å². The summed E-state index contributed by atoms with van der Waals surface area (Å²) in [6, 6.07) is 0. The van der Waals surface area contributed by atoms with Crippen LogP contribution in [0.15, 0.2) is 4.79 Å². The summed E-state index contributed by atoms with van der Waals surface area (Å²) in [7, 11) is 1.59. The van der Waals surface area contributed by atoms with Crippen LogP contribution in [0, 0.1) is 0 Å². The third kappa shape index (κ3) is 2.64. The molecule has 6 nitrogen and oxygen atoms in total. The number of methoxy groups -OCH3 is 1. The Morgan fingerprint density at radius 3 is 2.68 bits per heavy atom. The highest BCUT2D eigenvalue weighted by Crippen LogP contribution is 2.33. The number of ether oxygens (including phenoxy) is 2. The molecule has 0 saturated carbocycles. The van der Waals surface area contributed by atoms with Gasteiger partial charge in [-0.05, 0) is 6.42 Å². The summed E-state index contributed by atoms with van der Waals surface area (Å²) >= 11 is 0. The molecule has 1 aliphatic rings. The number of nitrogens with one attached hydrogen (secondary N) is 1. The van der Waals surface area contributed by atoms with E-state index in [1.54, 1.807) is 7.11 Å². The van der Waals surface area contributed by atoms with E-state index in [4.69, 9.17) is 9.47 Å². The van der Waals surface area contributed by atoms with Crippen LogP contribution in [0.2, 0.25) is 0 Å². The lowest BCUT2D eigenvalue weighted by Crippen LogP contribution is -2.39. The van der Waals surface area contributed by atoms with Gasteiger partial charge < -0.3 is 19.6 Å². The van der Waals surface area contributed by atoms with Crippen molar-refractivity contribution in [2.45, 2.75) is 38.2 Å². The fourth-order valence-electron chi connectivity index (χ4n) is 2.42. The molecule has 0 radical (unpaired) electrons. The molecular weight excluding hydrogens is 248 g/mol. The fraction of sp³-hybridized carbons (Fsp3) is 0.692. The Bertz CT molecular complexity index is 492. The molecule has 1 aliphatic heterocycles. The zero-order valence-electron chi connectivity index (χ0n) is 11.4. The number of H-pyrrole nitrogens is 1. The maximum Gasteiger partial charge on any atom is 0.258 e. The largest absolute Gasteiger partial charge is 0.493 e. The predicted octanol–water partition coefficient (Wildman–Crippen LogP) is 1.08. The van der Waals surface area contributed by atoms with E-state index in [0.717, 1.165) is 6.42 Å². The molecule has 0 bridgehead atoms. The van der Waals surface area contributed by atoms with Crippen molar-refractivity contribution in [2.24, 2.45) is 0 Å².